The van der Waals surface area contributed by atoms with Crippen LogP contribution < -0.4 is 9.44 Å². The predicted octanol–water partition coefficient (Wildman–Crippen LogP) is 2.25. The molecule has 2 aromatic carbocycles. The highest BCUT2D eigenvalue weighted by molar-refractivity contribution is 8.10. The predicted molar refractivity (Wildman–Crippen MR) is 98.4 cm³/mol. The van der Waals surface area contributed by atoms with Gasteiger partial charge < -0.3 is 5.73 Å². The van der Waals surface area contributed by atoms with Crippen LogP contribution in [0, 0.1) is 0 Å². The molecule has 0 amide bonds. The SMILES string of the molecule is Nc1ccc(N(S(=O)(=O)c2ccccc2)S(=O)(=O)c2ccccc2)nc1. The summed E-state index contributed by atoms with van der Waals surface area (Å²) >= 11 is 0. The molecule has 1 heterocycles. The van der Waals surface area contributed by atoms with Crippen LogP contribution in [0.1, 0.15) is 0 Å². The first-order valence-electron chi connectivity index (χ1n) is 7.45. The van der Waals surface area contributed by atoms with Gasteiger partial charge in [0.15, 0.2) is 5.82 Å². The number of anilines is 2. The Kier molecular flexibility index (Phi) is 4.66. The summed E-state index contributed by atoms with van der Waals surface area (Å²) in [7, 11) is -8.86. The smallest absolute Gasteiger partial charge is 0.279 e. The molecule has 0 fully saturated rings. The zero-order valence-electron chi connectivity index (χ0n) is 13.4. The lowest BCUT2D eigenvalue weighted by Crippen LogP contribution is -2.37. The third-order valence-electron chi connectivity index (χ3n) is 3.48. The molecule has 1 aromatic heterocycles. The van der Waals surface area contributed by atoms with Crippen LogP contribution in [-0.4, -0.2) is 21.8 Å². The zero-order valence-corrected chi connectivity index (χ0v) is 15.1. The van der Waals surface area contributed by atoms with Gasteiger partial charge in [-0.25, -0.2) is 4.98 Å². The van der Waals surface area contributed by atoms with E-state index in [0.717, 1.165) is 0 Å². The maximum absolute atomic E-state index is 13.1. The number of nitrogen functional groups attached to an aromatic ring is 1. The fourth-order valence-corrected chi connectivity index (χ4v) is 5.90. The summed E-state index contributed by atoms with van der Waals surface area (Å²) in [5.74, 6) is -0.271. The normalized spacial score (nSPS) is 11.8. The second-order valence-electron chi connectivity index (χ2n) is 5.28. The molecule has 3 aromatic rings. The van der Waals surface area contributed by atoms with Gasteiger partial charge in [0.1, 0.15) is 0 Å². The van der Waals surface area contributed by atoms with Crippen molar-refractivity contribution in [1.29, 1.82) is 0 Å². The number of pyridine rings is 1. The molecule has 0 radical (unpaired) electrons. The molecule has 0 aliphatic heterocycles. The fourth-order valence-electron chi connectivity index (χ4n) is 2.26. The monoisotopic (exact) mass is 389 g/mol. The van der Waals surface area contributed by atoms with Crippen LogP contribution in [0.3, 0.4) is 0 Å². The summed E-state index contributed by atoms with van der Waals surface area (Å²) in [6.45, 7) is 0. The van der Waals surface area contributed by atoms with Crippen LogP contribution in [-0.2, 0) is 20.0 Å². The van der Waals surface area contributed by atoms with E-state index >= 15 is 0 Å². The van der Waals surface area contributed by atoms with Crippen molar-refractivity contribution in [2.75, 3.05) is 9.44 Å². The second kappa shape index (κ2) is 6.77. The van der Waals surface area contributed by atoms with Gasteiger partial charge in [-0.15, -0.1) is 3.71 Å². The van der Waals surface area contributed by atoms with Gasteiger partial charge in [0.2, 0.25) is 0 Å². The quantitative estimate of drug-likeness (QED) is 0.716. The number of aromatic nitrogens is 1. The molecule has 2 N–H and O–H groups in total. The van der Waals surface area contributed by atoms with Crippen LogP contribution in [0.2, 0.25) is 0 Å². The molecular formula is C17H15N3O4S2. The molecule has 0 bridgehead atoms. The summed E-state index contributed by atoms with van der Waals surface area (Å²) in [6.07, 6.45) is 1.20. The van der Waals surface area contributed by atoms with Gasteiger partial charge >= 0.3 is 0 Å². The van der Waals surface area contributed by atoms with E-state index in [1.807, 2.05) is 0 Å². The third-order valence-corrected chi connectivity index (χ3v) is 7.64. The van der Waals surface area contributed by atoms with Crippen molar-refractivity contribution in [2.45, 2.75) is 9.79 Å². The molecule has 134 valence electrons. The minimum Gasteiger partial charge on any atom is -0.397 e. The standard InChI is InChI=1S/C17H15N3O4S2/c18-14-11-12-17(19-13-14)20(25(21,22)15-7-3-1-4-8-15)26(23,24)16-9-5-2-6-10-16/h1-13H,18H2. The van der Waals surface area contributed by atoms with Crippen LogP contribution in [0.15, 0.2) is 88.8 Å². The van der Waals surface area contributed by atoms with Gasteiger partial charge in [-0.1, -0.05) is 36.4 Å². The van der Waals surface area contributed by atoms with Crippen LogP contribution in [0.25, 0.3) is 0 Å². The maximum atomic E-state index is 13.1. The van der Waals surface area contributed by atoms with E-state index in [1.165, 1.54) is 66.9 Å². The number of nitrogens with two attached hydrogens (primary N) is 1. The lowest BCUT2D eigenvalue weighted by molar-refractivity contribution is 0.583. The lowest BCUT2D eigenvalue weighted by Gasteiger charge is -2.23. The van der Waals surface area contributed by atoms with Crippen molar-refractivity contribution >= 4 is 31.6 Å². The molecular weight excluding hydrogens is 374 g/mol. The van der Waals surface area contributed by atoms with Crippen LogP contribution in [0.4, 0.5) is 11.5 Å². The summed E-state index contributed by atoms with van der Waals surface area (Å²) in [5, 5.41) is 0. The molecule has 0 atom stereocenters. The van der Waals surface area contributed by atoms with Gasteiger partial charge in [-0.3, -0.25) is 0 Å². The summed E-state index contributed by atoms with van der Waals surface area (Å²) in [6, 6.07) is 17.2. The Bertz CT molecular complexity index is 1030. The molecule has 0 saturated carbocycles. The van der Waals surface area contributed by atoms with Gasteiger partial charge in [0.25, 0.3) is 20.0 Å². The van der Waals surface area contributed by atoms with Gasteiger partial charge in [0.05, 0.1) is 21.7 Å². The van der Waals surface area contributed by atoms with E-state index in [2.05, 4.69) is 4.98 Å². The molecule has 9 heteroatoms. The fraction of sp³-hybridized carbons (Fsp3) is 0. The van der Waals surface area contributed by atoms with Crippen molar-refractivity contribution < 1.29 is 16.8 Å². The first-order chi connectivity index (χ1) is 12.3. The van der Waals surface area contributed by atoms with E-state index in [4.69, 9.17) is 5.73 Å². The van der Waals surface area contributed by atoms with E-state index < -0.39 is 20.0 Å². The molecule has 0 saturated heterocycles. The summed E-state index contributed by atoms with van der Waals surface area (Å²) < 4.78 is 52.8. The molecule has 3 rings (SSSR count). The Morgan fingerprint density at radius 3 is 1.54 bits per heavy atom. The van der Waals surface area contributed by atoms with E-state index in [0.29, 0.717) is 3.71 Å². The third kappa shape index (κ3) is 3.26. The maximum Gasteiger partial charge on any atom is 0.279 e. The highest BCUT2D eigenvalue weighted by Crippen LogP contribution is 2.29. The Morgan fingerprint density at radius 1 is 0.692 bits per heavy atom. The highest BCUT2D eigenvalue weighted by atomic mass is 32.3. The Labute approximate surface area is 151 Å². The van der Waals surface area contributed by atoms with Crippen molar-refractivity contribution in [2.24, 2.45) is 0 Å². The van der Waals surface area contributed by atoms with Crippen molar-refractivity contribution in [3.05, 3.63) is 79.0 Å². The number of benzene rings is 2. The Balaban J connectivity index is 2.26. The van der Waals surface area contributed by atoms with Crippen molar-refractivity contribution in [3.8, 4) is 0 Å². The Hall–Kier alpha value is -2.91. The second-order valence-corrected chi connectivity index (χ2v) is 9.09. The van der Waals surface area contributed by atoms with E-state index in [-0.39, 0.29) is 21.3 Å². The molecule has 0 spiro atoms. The van der Waals surface area contributed by atoms with Gasteiger partial charge in [0, 0.05) is 0 Å². The topological polar surface area (TPSA) is 110 Å². The summed E-state index contributed by atoms with van der Waals surface area (Å²) in [5.41, 5.74) is 5.87. The van der Waals surface area contributed by atoms with Gasteiger partial charge in [-0.2, -0.15) is 16.8 Å². The number of nitrogens with zero attached hydrogens (tertiary/aromatic N) is 2. The number of hydrogen-bond donors (Lipinski definition) is 1. The van der Waals surface area contributed by atoms with Crippen LogP contribution in [0.5, 0.6) is 0 Å². The Morgan fingerprint density at radius 2 is 1.15 bits per heavy atom. The average molecular weight is 389 g/mol. The number of rotatable bonds is 5. The molecule has 7 nitrogen and oxygen atoms in total. The highest BCUT2D eigenvalue weighted by Gasteiger charge is 2.37. The molecule has 0 aliphatic rings. The van der Waals surface area contributed by atoms with Crippen LogP contribution >= 0.6 is 0 Å². The van der Waals surface area contributed by atoms with Gasteiger partial charge in [-0.05, 0) is 36.4 Å². The first-order valence-corrected chi connectivity index (χ1v) is 10.3. The largest absolute Gasteiger partial charge is 0.397 e. The molecule has 26 heavy (non-hydrogen) atoms. The minimum absolute atomic E-state index is 0.168. The lowest BCUT2D eigenvalue weighted by atomic mass is 10.4. The average Bonchev–Trinajstić information content (AvgIpc) is 2.65. The van der Waals surface area contributed by atoms with Crippen molar-refractivity contribution in [3.63, 3.8) is 0 Å². The zero-order chi connectivity index (χ0) is 18.8. The van der Waals surface area contributed by atoms with Crippen molar-refractivity contribution in [1.82, 2.24) is 4.98 Å². The minimum atomic E-state index is -4.43. The molecule has 0 unspecified atom stereocenters. The first kappa shape index (κ1) is 17.9. The molecule has 0 aliphatic carbocycles. The number of hydrogen-bond acceptors (Lipinski definition) is 6. The van der Waals surface area contributed by atoms with E-state index in [9.17, 15) is 16.8 Å². The number of sulfonamides is 2. The summed E-state index contributed by atoms with van der Waals surface area (Å²) in [4.78, 5) is 3.57. The van der Waals surface area contributed by atoms with E-state index in [1.54, 1.807) is 12.1 Å².